The maximum absolute atomic E-state index is 12.5. The normalized spacial score (nSPS) is 20.2. The molecule has 7 heteroatoms. The summed E-state index contributed by atoms with van der Waals surface area (Å²) < 4.78 is 16.3. The smallest absolute Gasteiger partial charge is 0.410 e. The molecule has 0 aliphatic carbocycles. The quantitative estimate of drug-likeness (QED) is 0.774. The standard InChI is InChI=1S/C18H34N2O5/c1-13(23-8)11-14-12-19(15(21)24-17(2,3)4)9-10-20(14)16(22)25-18(5,6)7/h13-14H,9-12H2,1-8H3/t13-,14?/m0/s1. The monoisotopic (exact) mass is 358 g/mol. The maximum Gasteiger partial charge on any atom is 0.410 e. The molecule has 0 aromatic carbocycles. The van der Waals surface area contributed by atoms with Gasteiger partial charge in [-0.25, -0.2) is 9.59 Å². The Labute approximate surface area is 151 Å². The van der Waals surface area contributed by atoms with E-state index >= 15 is 0 Å². The van der Waals surface area contributed by atoms with Crippen molar-refractivity contribution < 1.29 is 23.8 Å². The zero-order valence-corrected chi connectivity index (χ0v) is 16.9. The fourth-order valence-electron chi connectivity index (χ4n) is 2.59. The lowest BCUT2D eigenvalue weighted by Gasteiger charge is -2.42. The molecule has 0 saturated carbocycles. The predicted molar refractivity (Wildman–Crippen MR) is 95.6 cm³/mol. The molecule has 0 aromatic rings. The average molecular weight is 358 g/mol. The molecule has 2 amide bonds. The van der Waals surface area contributed by atoms with Gasteiger partial charge in [0, 0.05) is 26.7 Å². The van der Waals surface area contributed by atoms with E-state index in [-0.39, 0.29) is 24.3 Å². The molecule has 0 radical (unpaired) electrons. The highest BCUT2D eigenvalue weighted by Crippen LogP contribution is 2.21. The second-order valence-corrected chi connectivity index (χ2v) is 8.54. The van der Waals surface area contributed by atoms with Crippen LogP contribution in [0.5, 0.6) is 0 Å². The highest BCUT2D eigenvalue weighted by molar-refractivity contribution is 5.71. The third-order valence-corrected chi connectivity index (χ3v) is 3.77. The molecule has 0 N–H and O–H groups in total. The first-order chi connectivity index (χ1) is 11.3. The number of amides is 2. The van der Waals surface area contributed by atoms with Gasteiger partial charge in [0.25, 0.3) is 0 Å². The lowest BCUT2D eigenvalue weighted by atomic mass is 10.1. The molecule has 25 heavy (non-hydrogen) atoms. The fourth-order valence-corrected chi connectivity index (χ4v) is 2.59. The second kappa shape index (κ2) is 8.25. The van der Waals surface area contributed by atoms with Crippen molar-refractivity contribution in [1.29, 1.82) is 0 Å². The number of rotatable bonds is 3. The van der Waals surface area contributed by atoms with Crippen LogP contribution in [0, 0.1) is 0 Å². The number of carbonyl (C=O) groups is 2. The maximum atomic E-state index is 12.5. The molecule has 1 fully saturated rings. The summed E-state index contributed by atoms with van der Waals surface area (Å²) in [5.74, 6) is 0. The van der Waals surface area contributed by atoms with E-state index in [9.17, 15) is 9.59 Å². The van der Waals surface area contributed by atoms with Gasteiger partial charge in [-0.05, 0) is 54.9 Å². The van der Waals surface area contributed by atoms with Gasteiger partial charge in [0.15, 0.2) is 0 Å². The van der Waals surface area contributed by atoms with Gasteiger partial charge in [0.05, 0.1) is 12.1 Å². The first-order valence-electron chi connectivity index (χ1n) is 8.82. The Morgan fingerprint density at radius 2 is 1.52 bits per heavy atom. The zero-order valence-electron chi connectivity index (χ0n) is 16.9. The molecule has 1 heterocycles. The highest BCUT2D eigenvalue weighted by atomic mass is 16.6. The van der Waals surface area contributed by atoms with E-state index < -0.39 is 11.2 Å². The van der Waals surface area contributed by atoms with Crippen molar-refractivity contribution >= 4 is 12.2 Å². The van der Waals surface area contributed by atoms with Crippen LogP contribution >= 0.6 is 0 Å². The summed E-state index contributed by atoms with van der Waals surface area (Å²) in [4.78, 5) is 28.2. The van der Waals surface area contributed by atoms with Gasteiger partial charge >= 0.3 is 12.2 Å². The molecule has 0 bridgehead atoms. The van der Waals surface area contributed by atoms with E-state index in [1.165, 1.54) is 0 Å². The summed E-state index contributed by atoms with van der Waals surface area (Å²) in [5.41, 5.74) is -1.11. The third-order valence-electron chi connectivity index (χ3n) is 3.77. The van der Waals surface area contributed by atoms with E-state index in [0.29, 0.717) is 26.1 Å². The molecule has 1 aliphatic heterocycles. The van der Waals surface area contributed by atoms with Crippen molar-refractivity contribution in [2.45, 2.75) is 78.2 Å². The summed E-state index contributed by atoms with van der Waals surface area (Å²) in [6, 6.07) is -0.175. The van der Waals surface area contributed by atoms with Crippen LogP contribution in [0.4, 0.5) is 9.59 Å². The van der Waals surface area contributed by atoms with Gasteiger partial charge in [-0.2, -0.15) is 0 Å². The molecule has 1 saturated heterocycles. The van der Waals surface area contributed by atoms with Crippen LogP contribution in [-0.4, -0.2) is 72.1 Å². The SMILES string of the molecule is CO[C@@H](C)CC1CN(C(=O)OC(C)(C)C)CCN1C(=O)OC(C)(C)C. The number of hydrogen-bond donors (Lipinski definition) is 0. The van der Waals surface area contributed by atoms with Gasteiger partial charge in [0.1, 0.15) is 11.2 Å². The number of methoxy groups -OCH3 is 1. The summed E-state index contributed by atoms with van der Waals surface area (Å²) >= 11 is 0. The first-order valence-corrected chi connectivity index (χ1v) is 8.82. The van der Waals surface area contributed by atoms with Crippen molar-refractivity contribution in [3.63, 3.8) is 0 Å². The lowest BCUT2D eigenvalue weighted by Crippen LogP contribution is -2.58. The highest BCUT2D eigenvalue weighted by Gasteiger charge is 2.36. The average Bonchev–Trinajstić information content (AvgIpc) is 2.43. The van der Waals surface area contributed by atoms with Crippen molar-refractivity contribution in [2.24, 2.45) is 0 Å². The van der Waals surface area contributed by atoms with Crippen molar-refractivity contribution in [3.05, 3.63) is 0 Å². The second-order valence-electron chi connectivity index (χ2n) is 8.54. The number of nitrogens with zero attached hydrogens (tertiary/aromatic N) is 2. The Morgan fingerprint density at radius 3 is 2.00 bits per heavy atom. The van der Waals surface area contributed by atoms with E-state index in [1.807, 2.05) is 48.5 Å². The van der Waals surface area contributed by atoms with Gasteiger partial charge < -0.3 is 24.0 Å². The van der Waals surface area contributed by atoms with Crippen molar-refractivity contribution in [1.82, 2.24) is 9.80 Å². The molecular weight excluding hydrogens is 324 g/mol. The Bertz CT molecular complexity index is 467. The van der Waals surface area contributed by atoms with Gasteiger partial charge in [-0.15, -0.1) is 0 Å². The van der Waals surface area contributed by atoms with Crippen molar-refractivity contribution in [2.75, 3.05) is 26.7 Å². The molecule has 2 atom stereocenters. The zero-order chi connectivity index (χ0) is 19.4. The molecule has 7 nitrogen and oxygen atoms in total. The largest absolute Gasteiger partial charge is 0.444 e. The first kappa shape index (κ1) is 21.5. The molecule has 1 unspecified atom stereocenters. The molecule has 0 spiro atoms. The van der Waals surface area contributed by atoms with Crippen LogP contribution < -0.4 is 0 Å². The van der Waals surface area contributed by atoms with E-state index in [0.717, 1.165) is 0 Å². The number of carbonyl (C=O) groups excluding carboxylic acids is 2. The minimum absolute atomic E-state index is 0.0338. The Kier molecular flexibility index (Phi) is 7.11. The van der Waals surface area contributed by atoms with Crippen LogP contribution in [-0.2, 0) is 14.2 Å². The Hall–Kier alpha value is -1.50. The number of piperazine rings is 1. The number of hydrogen-bond acceptors (Lipinski definition) is 5. The minimum atomic E-state index is -0.559. The molecule has 146 valence electrons. The van der Waals surface area contributed by atoms with Crippen molar-refractivity contribution in [3.8, 4) is 0 Å². The van der Waals surface area contributed by atoms with E-state index in [2.05, 4.69) is 0 Å². The minimum Gasteiger partial charge on any atom is -0.444 e. The van der Waals surface area contributed by atoms with E-state index in [4.69, 9.17) is 14.2 Å². The number of ether oxygens (including phenoxy) is 3. The Morgan fingerprint density at radius 1 is 1.00 bits per heavy atom. The van der Waals surface area contributed by atoms with Crippen LogP contribution in [0.2, 0.25) is 0 Å². The van der Waals surface area contributed by atoms with Crippen LogP contribution in [0.1, 0.15) is 54.9 Å². The van der Waals surface area contributed by atoms with Gasteiger partial charge in [-0.1, -0.05) is 0 Å². The molecular formula is C18H34N2O5. The van der Waals surface area contributed by atoms with Gasteiger partial charge in [0.2, 0.25) is 0 Å². The van der Waals surface area contributed by atoms with Gasteiger partial charge in [-0.3, -0.25) is 0 Å². The predicted octanol–water partition coefficient (Wildman–Crippen LogP) is 3.27. The summed E-state index contributed by atoms with van der Waals surface area (Å²) in [7, 11) is 1.64. The third kappa shape index (κ3) is 7.50. The summed E-state index contributed by atoms with van der Waals surface area (Å²) in [5, 5.41) is 0. The fraction of sp³-hybridized carbons (Fsp3) is 0.889. The summed E-state index contributed by atoms with van der Waals surface area (Å²) in [6.45, 7) is 14.2. The lowest BCUT2D eigenvalue weighted by molar-refractivity contribution is -0.0236. The Balaban J connectivity index is 2.84. The van der Waals surface area contributed by atoms with Crippen LogP contribution in [0.3, 0.4) is 0 Å². The molecule has 1 rings (SSSR count). The molecule has 1 aliphatic rings. The molecule has 0 aromatic heterocycles. The summed E-state index contributed by atoms with van der Waals surface area (Å²) in [6.07, 6.45) is -0.126. The van der Waals surface area contributed by atoms with E-state index in [1.54, 1.807) is 16.9 Å². The topological polar surface area (TPSA) is 68.3 Å². The van der Waals surface area contributed by atoms with Crippen LogP contribution in [0.25, 0.3) is 0 Å². The van der Waals surface area contributed by atoms with Crippen LogP contribution in [0.15, 0.2) is 0 Å².